The van der Waals surface area contributed by atoms with Gasteiger partial charge >= 0.3 is 5.97 Å². The van der Waals surface area contributed by atoms with E-state index in [0.717, 1.165) is 11.6 Å². The van der Waals surface area contributed by atoms with Crippen molar-refractivity contribution in [3.05, 3.63) is 58.3 Å². The summed E-state index contributed by atoms with van der Waals surface area (Å²) in [5.41, 5.74) is 11.8. The standard InChI is InChI=1S/C23H20N6O3/c1-3-32-18(30)9-14-8-16(13-4-6-15(31-2)7-5-13)19-20(27)17(10-24)22(28)29-21(19)23(14,11-25)12-26/h4-7,9,16H,3,8H2,1-2H3,(H4,27,28,29)/b14-9+. The molecule has 32 heavy (non-hydrogen) atoms. The molecule has 0 aliphatic heterocycles. The maximum Gasteiger partial charge on any atom is 0.330 e. The molecule has 0 spiro atoms. The maximum atomic E-state index is 12.3. The lowest BCUT2D eigenvalue weighted by atomic mass is 9.65. The number of ether oxygens (including phenoxy) is 2. The first-order valence-electron chi connectivity index (χ1n) is 9.70. The smallest absolute Gasteiger partial charge is 0.330 e. The monoisotopic (exact) mass is 428 g/mol. The lowest BCUT2D eigenvalue weighted by Gasteiger charge is -2.36. The normalized spacial score (nSPS) is 17.3. The van der Waals surface area contributed by atoms with Gasteiger partial charge in [0.25, 0.3) is 0 Å². The molecule has 1 heterocycles. The number of hydrogen-bond donors (Lipinski definition) is 2. The van der Waals surface area contributed by atoms with Crippen LogP contribution in [0.3, 0.4) is 0 Å². The number of benzene rings is 1. The largest absolute Gasteiger partial charge is 0.497 e. The average Bonchev–Trinajstić information content (AvgIpc) is 2.79. The summed E-state index contributed by atoms with van der Waals surface area (Å²) in [6, 6.07) is 13.0. The van der Waals surface area contributed by atoms with Gasteiger partial charge in [-0.05, 0) is 36.6 Å². The van der Waals surface area contributed by atoms with Crippen molar-refractivity contribution in [2.75, 3.05) is 25.2 Å². The van der Waals surface area contributed by atoms with Gasteiger partial charge in [-0.15, -0.1) is 0 Å². The Morgan fingerprint density at radius 3 is 2.44 bits per heavy atom. The average molecular weight is 428 g/mol. The van der Waals surface area contributed by atoms with Gasteiger partial charge in [-0.1, -0.05) is 12.1 Å². The third-order valence-corrected chi connectivity index (χ3v) is 5.46. The predicted octanol–water partition coefficient (Wildman–Crippen LogP) is 2.44. The molecule has 9 heteroatoms. The highest BCUT2D eigenvalue weighted by atomic mass is 16.5. The second-order valence-corrected chi connectivity index (χ2v) is 7.08. The molecule has 3 rings (SSSR count). The van der Waals surface area contributed by atoms with Crippen molar-refractivity contribution >= 4 is 17.5 Å². The molecule has 4 N–H and O–H groups in total. The Balaban J connectivity index is 2.38. The Labute approximate surface area is 185 Å². The van der Waals surface area contributed by atoms with Crippen LogP contribution in [0.1, 0.15) is 41.6 Å². The van der Waals surface area contributed by atoms with Crippen molar-refractivity contribution in [3.63, 3.8) is 0 Å². The summed E-state index contributed by atoms with van der Waals surface area (Å²) in [6.07, 6.45) is 1.27. The molecule has 0 saturated carbocycles. The molecule has 0 bridgehead atoms. The Kier molecular flexibility index (Phi) is 6.00. The van der Waals surface area contributed by atoms with E-state index in [1.165, 1.54) is 0 Å². The van der Waals surface area contributed by atoms with Gasteiger partial charge < -0.3 is 20.9 Å². The minimum atomic E-state index is -1.92. The summed E-state index contributed by atoms with van der Waals surface area (Å²) < 4.78 is 10.2. The highest BCUT2D eigenvalue weighted by Gasteiger charge is 2.48. The molecular weight excluding hydrogens is 408 g/mol. The second kappa shape index (κ2) is 8.67. The molecule has 9 nitrogen and oxygen atoms in total. The number of nitrogen functional groups attached to an aromatic ring is 2. The number of anilines is 2. The first-order chi connectivity index (χ1) is 15.4. The van der Waals surface area contributed by atoms with E-state index in [4.69, 9.17) is 20.9 Å². The van der Waals surface area contributed by atoms with Gasteiger partial charge in [0, 0.05) is 17.6 Å². The number of nitrogens with two attached hydrogens (primary N) is 2. The zero-order valence-electron chi connectivity index (χ0n) is 17.5. The second-order valence-electron chi connectivity index (χ2n) is 7.08. The van der Waals surface area contributed by atoms with Crippen molar-refractivity contribution in [3.8, 4) is 24.0 Å². The Morgan fingerprint density at radius 2 is 1.91 bits per heavy atom. The number of esters is 1. The van der Waals surface area contributed by atoms with E-state index in [2.05, 4.69) is 4.98 Å². The van der Waals surface area contributed by atoms with Gasteiger partial charge in [0.05, 0.1) is 37.2 Å². The van der Waals surface area contributed by atoms with Crippen LogP contribution < -0.4 is 16.2 Å². The molecular formula is C23H20N6O3. The predicted molar refractivity (Wildman–Crippen MR) is 115 cm³/mol. The van der Waals surface area contributed by atoms with E-state index < -0.39 is 17.3 Å². The third kappa shape index (κ3) is 3.45. The number of pyridine rings is 1. The SMILES string of the molecule is CCOC(=O)/C=C1\CC(c2ccc(OC)cc2)c2c(nc(N)c(C#N)c2N)C1(C#N)C#N. The lowest BCUT2D eigenvalue weighted by Crippen LogP contribution is -2.36. The number of methoxy groups -OCH3 is 1. The number of nitrogens with zero attached hydrogens (tertiary/aromatic N) is 4. The van der Waals surface area contributed by atoms with Gasteiger partial charge in [-0.2, -0.15) is 15.8 Å². The van der Waals surface area contributed by atoms with Crippen molar-refractivity contribution < 1.29 is 14.3 Å². The maximum absolute atomic E-state index is 12.3. The van der Waals surface area contributed by atoms with E-state index in [0.29, 0.717) is 11.3 Å². The summed E-state index contributed by atoms with van der Waals surface area (Å²) in [4.78, 5) is 16.5. The molecule has 1 aromatic carbocycles. The van der Waals surface area contributed by atoms with E-state index in [9.17, 15) is 20.6 Å². The zero-order chi connectivity index (χ0) is 23.5. The number of nitriles is 3. The van der Waals surface area contributed by atoms with Gasteiger partial charge in [-0.25, -0.2) is 9.78 Å². The van der Waals surface area contributed by atoms with Crippen LogP contribution >= 0.6 is 0 Å². The molecule has 160 valence electrons. The van der Waals surface area contributed by atoms with E-state index in [1.807, 2.05) is 30.3 Å². The fourth-order valence-corrected chi connectivity index (χ4v) is 3.91. The molecule has 1 aliphatic carbocycles. The van der Waals surface area contributed by atoms with E-state index in [-0.39, 0.29) is 41.4 Å². The summed E-state index contributed by atoms with van der Waals surface area (Å²) in [5.74, 6) is -0.725. The molecule has 0 fully saturated rings. The number of carbonyl (C=O) groups is 1. The molecule has 0 saturated heterocycles. The van der Waals surface area contributed by atoms with Crippen LogP contribution in [0.25, 0.3) is 0 Å². The van der Waals surface area contributed by atoms with Gasteiger partial charge in [0.1, 0.15) is 23.2 Å². The summed E-state index contributed by atoms with van der Waals surface area (Å²) in [7, 11) is 1.54. The van der Waals surface area contributed by atoms with Crippen LogP contribution in [0.15, 0.2) is 35.9 Å². The highest BCUT2D eigenvalue weighted by molar-refractivity contribution is 5.85. The van der Waals surface area contributed by atoms with Gasteiger partial charge in [0.2, 0.25) is 5.41 Å². The molecule has 2 aromatic rings. The fourth-order valence-electron chi connectivity index (χ4n) is 3.91. The number of fused-ring (bicyclic) bond motifs is 1. The van der Waals surface area contributed by atoms with Crippen molar-refractivity contribution in [1.29, 1.82) is 15.8 Å². The Bertz CT molecular complexity index is 1210. The quantitative estimate of drug-likeness (QED) is 0.548. The highest BCUT2D eigenvalue weighted by Crippen LogP contribution is 2.51. The third-order valence-electron chi connectivity index (χ3n) is 5.46. The fraction of sp³-hybridized carbons (Fsp3) is 0.261. The number of carbonyl (C=O) groups excluding carboxylic acids is 1. The minimum absolute atomic E-state index is 0.0131. The van der Waals surface area contributed by atoms with E-state index in [1.54, 1.807) is 26.2 Å². The van der Waals surface area contributed by atoms with Crippen molar-refractivity contribution in [2.24, 2.45) is 0 Å². The van der Waals surface area contributed by atoms with Crippen LogP contribution in [-0.2, 0) is 14.9 Å². The Morgan fingerprint density at radius 1 is 1.25 bits per heavy atom. The summed E-state index contributed by atoms with van der Waals surface area (Å²) in [6.45, 7) is 1.79. The summed E-state index contributed by atoms with van der Waals surface area (Å²) >= 11 is 0. The Hall–Kier alpha value is -4.55. The van der Waals surface area contributed by atoms with Crippen LogP contribution in [0.2, 0.25) is 0 Å². The first-order valence-corrected chi connectivity index (χ1v) is 9.70. The van der Waals surface area contributed by atoms with Crippen molar-refractivity contribution in [2.45, 2.75) is 24.7 Å². The van der Waals surface area contributed by atoms with Crippen LogP contribution in [-0.4, -0.2) is 24.7 Å². The van der Waals surface area contributed by atoms with Crippen LogP contribution in [0.4, 0.5) is 11.5 Å². The minimum Gasteiger partial charge on any atom is -0.497 e. The first kappa shape index (κ1) is 22.1. The number of aromatic nitrogens is 1. The topological polar surface area (TPSA) is 172 Å². The summed E-state index contributed by atoms with van der Waals surface area (Å²) in [5, 5.41) is 29.7. The number of hydrogen-bond acceptors (Lipinski definition) is 9. The van der Waals surface area contributed by atoms with Gasteiger partial charge in [-0.3, -0.25) is 0 Å². The molecule has 1 atom stereocenters. The van der Waals surface area contributed by atoms with Crippen molar-refractivity contribution in [1.82, 2.24) is 4.98 Å². The molecule has 0 amide bonds. The van der Waals surface area contributed by atoms with E-state index >= 15 is 0 Å². The zero-order valence-corrected chi connectivity index (χ0v) is 17.5. The molecule has 1 aliphatic rings. The molecule has 1 aromatic heterocycles. The molecule has 0 radical (unpaired) electrons. The van der Waals surface area contributed by atoms with Crippen LogP contribution in [0, 0.1) is 34.0 Å². The molecule has 1 unspecified atom stereocenters. The van der Waals surface area contributed by atoms with Gasteiger partial charge in [0.15, 0.2) is 0 Å². The lowest BCUT2D eigenvalue weighted by molar-refractivity contribution is -0.137. The number of allylic oxidation sites excluding steroid dienone is 1. The van der Waals surface area contributed by atoms with Crippen LogP contribution in [0.5, 0.6) is 5.75 Å². The number of rotatable bonds is 4.